The van der Waals surface area contributed by atoms with Gasteiger partial charge in [0.05, 0.1) is 45.1 Å². The molecular formula is C26H28N2O6S. The molecule has 3 aromatic carbocycles. The standard InChI is InChI=1S/C26H28N2O6S/c1-17-6-10-20(11-7-17)35(29,30)28-23(18-8-13-24(32-3)26(14-18)34-5)16-22(27-28)21-12-9-19(31-2)15-25(21)33-4/h6-15,23H,16H2,1-5H3. The van der Waals surface area contributed by atoms with Gasteiger partial charge in [-0.05, 0) is 48.9 Å². The van der Waals surface area contributed by atoms with Crippen LogP contribution in [0.25, 0.3) is 0 Å². The molecule has 35 heavy (non-hydrogen) atoms. The Hall–Kier alpha value is -3.72. The molecule has 1 aliphatic rings. The molecule has 0 fully saturated rings. The van der Waals surface area contributed by atoms with E-state index in [1.807, 2.05) is 19.1 Å². The fourth-order valence-electron chi connectivity index (χ4n) is 4.04. The van der Waals surface area contributed by atoms with Gasteiger partial charge in [-0.2, -0.15) is 17.9 Å². The second-order valence-corrected chi connectivity index (χ2v) is 9.83. The zero-order valence-electron chi connectivity index (χ0n) is 20.3. The van der Waals surface area contributed by atoms with Crippen LogP contribution in [0.5, 0.6) is 23.0 Å². The second-order valence-electron chi connectivity index (χ2n) is 8.04. The van der Waals surface area contributed by atoms with E-state index in [0.29, 0.717) is 40.7 Å². The van der Waals surface area contributed by atoms with E-state index in [1.165, 1.54) is 4.41 Å². The van der Waals surface area contributed by atoms with E-state index >= 15 is 0 Å². The highest BCUT2D eigenvalue weighted by atomic mass is 32.2. The van der Waals surface area contributed by atoms with E-state index in [4.69, 9.17) is 18.9 Å². The molecule has 0 aliphatic carbocycles. The highest BCUT2D eigenvalue weighted by Crippen LogP contribution is 2.41. The van der Waals surface area contributed by atoms with E-state index in [-0.39, 0.29) is 4.90 Å². The quantitative estimate of drug-likeness (QED) is 0.454. The number of benzene rings is 3. The van der Waals surface area contributed by atoms with Crippen molar-refractivity contribution in [3.63, 3.8) is 0 Å². The second kappa shape index (κ2) is 9.87. The molecule has 1 atom stereocenters. The molecule has 0 bridgehead atoms. The van der Waals surface area contributed by atoms with Crippen LogP contribution in [-0.4, -0.2) is 47.0 Å². The van der Waals surface area contributed by atoms with Crippen LogP contribution in [0.15, 0.2) is 70.7 Å². The molecule has 3 aromatic rings. The molecule has 4 rings (SSSR count). The first-order valence-corrected chi connectivity index (χ1v) is 12.4. The summed E-state index contributed by atoms with van der Waals surface area (Å²) in [6.45, 7) is 1.91. The van der Waals surface area contributed by atoms with Gasteiger partial charge in [0.2, 0.25) is 0 Å². The van der Waals surface area contributed by atoms with Gasteiger partial charge in [-0.25, -0.2) is 0 Å². The van der Waals surface area contributed by atoms with Crippen LogP contribution in [0.2, 0.25) is 0 Å². The lowest BCUT2D eigenvalue weighted by atomic mass is 9.98. The molecule has 0 saturated heterocycles. The maximum absolute atomic E-state index is 13.8. The van der Waals surface area contributed by atoms with Crippen molar-refractivity contribution in [3.05, 3.63) is 77.4 Å². The largest absolute Gasteiger partial charge is 0.497 e. The van der Waals surface area contributed by atoms with Crippen molar-refractivity contribution in [1.82, 2.24) is 4.41 Å². The van der Waals surface area contributed by atoms with Gasteiger partial charge < -0.3 is 18.9 Å². The molecule has 0 N–H and O–H groups in total. The first-order chi connectivity index (χ1) is 16.8. The van der Waals surface area contributed by atoms with Gasteiger partial charge in [0.15, 0.2) is 11.5 Å². The molecule has 1 unspecified atom stereocenters. The summed E-state index contributed by atoms with van der Waals surface area (Å²) in [7, 11) is 2.27. The third-order valence-electron chi connectivity index (χ3n) is 5.95. The summed E-state index contributed by atoms with van der Waals surface area (Å²) in [5, 5.41) is 4.62. The molecule has 184 valence electrons. The number of hydrazone groups is 1. The summed E-state index contributed by atoms with van der Waals surface area (Å²) in [4.78, 5) is 0.167. The normalized spacial score (nSPS) is 15.5. The third-order valence-corrected chi connectivity index (χ3v) is 7.65. The molecule has 0 saturated carbocycles. The van der Waals surface area contributed by atoms with E-state index < -0.39 is 16.1 Å². The Balaban J connectivity index is 1.84. The molecule has 9 heteroatoms. The lowest BCUT2D eigenvalue weighted by Gasteiger charge is -2.24. The Labute approximate surface area is 205 Å². The van der Waals surface area contributed by atoms with Gasteiger partial charge in [-0.3, -0.25) is 0 Å². The fourth-order valence-corrected chi connectivity index (χ4v) is 5.47. The lowest BCUT2D eigenvalue weighted by Crippen LogP contribution is -2.27. The van der Waals surface area contributed by atoms with Crippen molar-refractivity contribution >= 4 is 15.7 Å². The van der Waals surface area contributed by atoms with Crippen molar-refractivity contribution in [2.24, 2.45) is 5.10 Å². The Morgan fingerprint density at radius 1 is 0.800 bits per heavy atom. The number of rotatable bonds is 8. The van der Waals surface area contributed by atoms with Crippen LogP contribution in [-0.2, 0) is 10.0 Å². The number of ether oxygens (including phenoxy) is 4. The zero-order chi connectivity index (χ0) is 25.2. The average Bonchev–Trinajstić information content (AvgIpc) is 3.34. The molecule has 8 nitrogen and oxygen atoms in total. The van der Waals surface area contributed by atoms with Crippen LogP contribution in [0, 0.1) is 6.92 Å². The summed E-state index contributed by atoms with van der Waals surface area (Å²) >= 11 is 0. The van der Waals surface area contributed by atoms with Gasteiger partial charge in [-0.1, -0.05) is 23.8 Å². The maximum atomic E-state index is 13.8. The van der Waals surface area contributed by atoms with Crippen molar-refractivity contribution in [1.29, 1.82) is 0 Å². The van der Waals surface area contributed by atoms with Crippen LogP contribution in [0.1, 0.15) is 29.2 Å². The smallest absolute Gasteiger partial charge is 0.279 e. The van der Waals surface area contributed by atoms with Gasteiger partial charge in [0.1, 0.15) is 11.5 Å². The monoisotopic (exact) mass is 496 g/mol. The molecule has 0 spiro atoms. The summed E-state index contributed by atoms with van der Waals surface area (Å²) in [6, 6.07) is 16.9. The van der Waals surface area contributed by atoms with Crippen LogP contribution < -0.4 is 18.9 Å². The summed E-state index contributed by atoms with van der Waals surface area (Å²) in [5.41, 5.74) is 2.97. The fraction of sp³-hybridized carbons (Fsp3) is 0.269. The maximum Gasteiger partial charge on any atom is 0.279 e. The topological polar surface area (TPSA) is 86.7 Å². The number of sulfonamides is 1. The number of aryl methyl sites for hydroxylation is 1. The molecule has 0 amide bonds. The van der Waals surface area contributed by atoms with Crippen molar-refractivity contribution < 1.29 is 27.4 Å². The summed E-state index contributed by atoms with van der Waals surface area (Å²) in [6.07, 6.45) is 0.337. The molecule has 0 aromatic heterocycles. The highest BCUT2D eigenvalue weighted by Gasteiger charge is 2.38. The van der Waals surface area contributed by atoms with Crippen LogP contribution >= 0.6 is 0 Å². The van der Waals surface area contributed by atoms with Crippen molar-refractivity contribution in [3.8, 4) is 23.0 Å². The van der Waals surface area contributed by atoms with Gasteiger partial charge in [-0.15, -0.1) is 0 Å². The van der Waals surface area contributed by atoms with Gasteiger partial charge in [0, 0.05) is 18.1 Å². The van der Waals surface area contributed by atoms with E-state index in [0.717, 1.165) is 11.1 Å². The van der Waals surface area contributed by atoms with E-state index in [2.05, 4.69) is 5.10 Å². The third kappa shape index (κ3) is 4.64. The van der Waals surface area contributed by atoms with Crippen LogP contribution in [0.3, 0.4) is 0 Å². The Morgan fingerprint density at radius 3 is 2.11 bits per heavy atom. The number of methoxy groups -OCH3 is 4. The minimum atomic E-state index is -3.95. The molecular weight excluding hydrogens is 468 g/mol. The Morgan fingerprint density at radius 2 is 1.49 bits per heavy atom. The highest BCUT2D eigenvalue weighted by molar-refractivity contribution is 7.89. The Kier molecular flexibility index (Phi) is 6.88. The minimum Gasteiger partial charge on any atom is -0.497 e. The van der Waals surface area contributed by atoms with Gasteiger partial charge >= 0.3 is 0 Å². The lowest BCUT2D eigenvalue weighted by molar-refractivity contribution is 0.348. The summed E-state index contributed by atoms with van der Waals surface area (Å²) < 4.78 is 50.4. The number of hydrogen-bond acceptors (Lipinski definition) is 7. The molecule has 1 aliphatic heterocycles. The summed E-state index contributed by atoms with van der Waals surface area (Å²) in [5.74, 6) is 2.24. The number of hydrogen-bond donors (Lipinski definition) is 0. The SMILES string of the molecule is COc1ccc(C2=NN(S(=O)(=O)c3ccc(C)cc3)C(c3ccc(OC)c(OC)c3)C2)c(OC)c1. The number of nitrogens with zero attached hydrogens (tertiary/aromatic N) is 2. The minimum absolute atomic E-state index is 0.167. The van der Waals surface area contributed by atoms with Crippen molar-refractivity contribution in [2.45, 2.75) is 24.3 Å². The predicted octanol–water partition coefficient (Wildman–Crippen LogP) is 4.57. The van der Waals surface area contributed by atoms with Gasteiger partial charge in [0.25, 0.3) is 10.0 Å². The van der Waals surface area contributed by atoms with Crippen LogP contribution in [0.4, 0.5) is 0 Å². The molecule has 0 radical (unpaired) electrons. The average molecular weight is 497 g/mol. The van der Waals surface area contributed by atoms with E-state index in [1.54, 1.807) is 77.0 Å². The predicted molar refractivity (Wildman–Crippen MR) is 133 cm³/mol. The molecule has 1 heterocycles. The first kappa shape index (κ1) is 24.4. The Bertz CT molecular complexity index is 1350. The zero-order valence-corrected chi connectivity index (χ0v) is 21.1. The van der Waals surface area contributed by atoms with E-state index in [9.17, 15) is 8.42 Å². The van der Waals surface area contributed by atoms with Crippen molar-refractivity contribution in [2.75, 3.05) is 28.4 Å². The first-order valence-electron chi connectivity index (χ1n) is 10.9.